The molecule has 2 heterocycles. The van der Waals surface area contributed by atoms with Crippen LogP contribution in [-0.2, 0) is 20.8 Å². The van der Waals surface area contributed by atoms with Gasteiger partial charge < -0.3 is 15.7 Å². The van der Waals surface area contributed by atoms with Crippen molar-refractivity contribution in [3.63, 3.8) is 0 Å². The maximum atomic E-state index is 12.0. The van der Waals surface area contributed by atoms with Crippen LogP contribution in [0.1, 0.15) is 31.4 Å². The summed E-state index contributed by atoms with van der Waals surface area (Å²) in [6.07, 6.45) is 2.14. The van der Waals surface area contributed by atoms with Crippen molar-refractivity contribution in [2.45, 2.75) is 32.1 Å². The second-order valence-electron chi connectivity index (χ2n) is 4.92. The highest BCUT2D eigenvalue weighted by Gasteiger charge is 2.24. The number of thiazole rings is 1. The van der Waals surface area contributed by atoms with E-state index in [-0.39, 0.29) is 24.2 Å². The third kappa shape index (κ3) is 4.82. The summed E-state index contributed by atoms with van der Waals surface area (Å²) in [4.78, 5) is 37.8. The van der Waals surface area contributed by atoms with E-state index in [1.807, 2.05) is 5.38 Å². The zero-order valence-electron chi connectivity index (χ0n) is 11.4. The van der Waals surface area contributed by atoms with Gasteiger partial charge in [-0.2, -0.15) is 0 Å². The molecule has 1 atom stereocenters. The number of carboxylic acids is 1. The Labute approximate surface area is 125 Å². The van der Waals surface area contributed by atoms with Gasteiger partial charge in [-0.05, 0) is 19.3 Å². The summed E-state index contributed by atoms with van der Waals surface area (Å²) < 4.78 is 0. The van der Waals surface area contributed by atoms with E-state index in [0.717, 1.165) is 5.69 Å². The molecule has 114 valence electrons. The van der Waals surface area contributed by atoms with Crippen LogP contribution >= 0.6 is 11.3 Å². The molecule has 1 aromatic rings. The van der Waals surface area contributed by atoms with E-state index >= 15 is 0 Å². The minimum atomic E-state index is -0.821. The van der Waals surface area contributed by atoms with Gasteiger partial charge in [-0.1, -0.05) is 0 Å². The number of carboxylic acid groups (broad SMARTS) is 1. The molecule has 1 aromatic heterocycles. The van der Waals surface area contributed by atoms with Gasteiger partial charge in [-0.15, -0.1) is 11.3 Å². The topological polar surface area (TPSA) is 108 Å². The lowest BCUT2D eigenvalue weighted by Gasteiger charge is -2.20. The van der Waals surface area contributed by atoms with Crippen LogP contribution in [0.2, 0.25) is 0 Å². The number of anilines is 1. The van der Waals surface area contributed by atoms with Crippen molar-refractivity contribution in [1.29, 1.82) is 0 Å². The van der Waals surface area contributed by atoms with Crippen molar-refractivity contribution in [2.24, 2.45) is 5.92 Å². The first-order valence-corrected chi connectivity index (χ1v) is 7.66. The van der Waals surface area contributed by atoms with Crippen molar-refractivity contribution in [1.82, 2.24) is 10.3 Å². The number of aromatic nitrogens is 1. The fourth-order valence-electron chi connectivity index (χ4n) is 2.06. The molecule has 3 N–H and O–H groups in total. The fraction of sp³-hybridized carbons (Fsp3) is 0.538. The Hall–Kier alpha value is -1.96. The van der Waals surface area contributed by atoms with Crippen molar-refractivity contribution in [2.75, 3.05) is 11.9 Å². The second kappa shape index (κ2) is 7.16. The molecule has 1 unspecified atom stereocenters. The average Bonchev–Trinajstić information content (AvgIpc) is 2.86. The number of carbonyl (C=O) groups is 3. The van der Waals surface area contributed by atoms with Gasteiger partial charge in [0, 0.05) is 24.8 Å². The smallest absolute Gasteiger partial charge is 0.303 e. The summed E-state index contributed by atoms with van der Waals surface area (Å²) in [6, 6.07) is 0. The number of piperidine rings is 1. The molecule has 2 amide bonds. The number of nitrogens with zero attached hydrogens (tertiary/aromatic N) is 1. The monoisotopic (exact) mass is 311 g/mol. The lowest BCUT2D eigenvalue weighted by molar-refractivity contribution is -0.137. The number of hydrogen-bond acceptors (Lipinski definition) is 5. The van der Waals surface area contributed by atoms with E-state index in [4.69, 9.17) is 5.11 Å². The van der Waals surface area contributed by atoms with Crippen molar-refractivity contribution in [3.8, 4) is 0 Å². The number of aliphatic carboxylic acids is 1. The van der Waals surface area contributed by atoms with Crippen LogP contribution in [0.4, 0.5) is 5.13 Å². The standard InChI is InChI=1S/C13H17N3O4S/c17-10-5-4-8(6-14-10)12(20)16-13-15-9(7-21-13)2-1-3-11(18)19/h7-8H,1-6H2,(H,14,17)(H,18,19)(H,15,16,20). The van der Waals surface area contributed by atoms with E-state index in [2.05, 4.69) is 15.6 Å². The third-order valence-electron chi connectivity index (χ3n) is 3.24. The first kappa shape index (κ1) is 15.4. The van der Waals surface area contributed by atoms with Gasteiger partial charge in [0.2, 0.25) is 11.8 Å². The van der Waals surface area contributed by atoms with Crippen molar-refractivity contribution < 1.29 is 19.5 Å². The molecule has 0 bridgehead atoms. The molecule has 1 saturated heterocycles. The van der Waals surface area contributed by atoms with Gasteiger partial charge in [0.05, 0.1) is 11.6 Å². The zero-order valence-corrected chi connectivity index (χ0v) is 12.2. The number of aryl methyl sites for hydroxylation is 1. The molecule has 1 fully saturated rings. The van der Waals surface area contributed by atoms with Gasteiger partial charge in [0.1, 0.15) is 0 Å². The molecular weight excluding hydrogens is 294 g/mol. The van der Waals surface area contributed by atoms with Crippen LogP contribution in [0.15, 0.2) is 5.38 Å². The van der Waals surface area contributed by atoms with E-state index < -0.39 is 5.97 Å². The Morgan fingerprint density at radius 1 is 1.52 bits per heavy atom. The summed E-state index contributed by atoms with van der Waals surface area (Å²) >= 11 is 1.32. The molecule has 0 aliphatic carbocycles. The number of carbonyl (C=O) groups excluding carboxylic acids is 2. The molecule has 0 radical (unpaired) electrons. The Morgan fingerprint density at radius 3 is 3.00 bits per heavy atom. The average molecular weight is 311 g/mol. The van der Waals surface area contributed by atoms with E-state index in [1.165, 1.54) is 11.3 Å². The molecule has 21 heavy (non-hydrogen) atoms. The summed E-state index contributed by atoms with van der Waals surface area (Å²) in [5, 5.41) is 16.3. The van der Waals surface area contributed by atoms with Gasteiger partial charge in [0.25, 0.3) is 0 Å². The fourth-order valence-corrected chi connectivity index (χ4v) is 2.81. The van der Waals surface area contributed by atoms with Crippen molar-refractivity contribution in [3.05, 3.63) is 11.1 Å². The minimum absolute atomic E-state index is 0.0194. The van der Waals surface area contributed by atoms with E-state index in [9.17, 15) is 14.4 Å². The highest BCUT2D eigenvalue weighted by Crippen LogP contribution is 2.19. The Balaban J connectivity index is 1.80. The van der Waals surface area contributed by atoms with Gasteiger partial charge >= 0.3 is 5.97 Å². The lowest BCUT2D eigenvalue weighted by atomic mass is 9.98. The number of nitrogens with one attached hydrogen (secondary N) is 2. The largest absolute Gasteiger partial charge is 0.481 e. The summed E-state index contributed by atoms with van der Waals surface area (Å²) in [6.45, 7) is 0.363. The van der Waals surface area contributed by atoms with Crippen LogP contribution in [0.25, 0.3) is 0 Å². The quantitative estimate of drug-likeness (QED) is 0.726. The van der Waals surface area contributed by atoms with E-state index in [1.54, 1.807) is 0 Å². The van der Waals surface area contributed by atoms with Crippen LogP contribution in [-0.4, -0.2) is 34.4 Å². The Morgan fingerprint density at radius 2 is 2.33 bits per heavy atom. The normalized spacial score (nSPS) is 18.1. The predicted octanol–water partition coefficient (Wildman–Crippen LogP) is 1.02. The van der Waals surface area contributed by atoms with Crippen LogP contribution < -0.4 is 10.6 Å². The highest BCUT2D eigenvalue weighted by molar-refractivity contribution is 7.13. The molecule has 8 heteroatoms. The van der Waals surface area contributed by atoms with Crippen molar-refractivity contribution >= 4 is 34.3 Å². The first-order chi connectivity index (χ1) is 10.0. The van der Waals surface area contributed by atoms with Crippen LogP contribution in [0.5, 0.6) is 0 Å². The highest BCUT2D eigenvalue weighted by atomic mass is 32.1. The maximum absolute atomic E-state index is 12.0. The molecule has 0 aromatic carbocycles. The van der Waals surface area contributed by atoms with Gasteiger partial charge in [-0.25, -0.2) is 4.98 Å². The Bertz CT molecular complexity index is 533. The maximum Gasteiger partial charge on any atom is 0.303 e. The summed E-state index contributed by atoms with van der Waals surface area (Å²) in [7, 11) is 0. The SMILES string of the molecule is O=C(O)CCCc1csc(NC(=O)C2CCC(=O)NC2)n1. The summed E-state index contributed by atoms with van der Waals surface area (Å²) in [5.74, 6) is -1.20. The molecule has 0 spiro atoms. The number of rotatable bonds is 6. The zero-order chi connectivity index (χ0) is 15.2. The number of amides is 2. The predicted molar refractivity (Wildman–Crippen MR) is 77.1 cm³/mol. The molecule has 7 nitrogen and oxygen atoms in total. The van der Waals surface area contributed by atoms with Crippen LogP contribution in [0, 0.1) is 5.92 Å². The molecular formula is C13H17N3O4S. The Kier molecular flexibility index (Phi) is 5.26. The second-order valence-corrected chi connectivity index (χ2v) is 5.78. The molecule has 1 aliphatic rings. The summed E-state index contributed by atoms with van der Waals surface area (Å²) in [5.41, 5.74) is 0.786. The molecule has 0 saturated carbocycles. The number of hydrogen-bond donors (Lipinski definition) is 3. The minimum Gasteiger partial charge on any atom is -0.481 e. The third-order valence-corrected chi connectivity index (χ3v) is 4.05. The van der Waals surface area contributed by atoms with Gasteiger partial charge in [-0.3, -0.25) is 14.4 Å². The van der Waals surface area contributed by atoms with Crippen LogP contribution in [0.3, 0.4) is 0 Å². The lowest BCUT2D eigenvalue weighted by Crippen LogP contribution is -2.40. The first-order valence-electron chi connectivity index (χ1n) is 6.78. The van der Waals surface area contributed by atoms with E-state index in [0.29, 0.717) is 37.4 Å². The molecule has 1 aliphatic heterocycles. The van der Waals surface area contributed by atoms with Gasteiger partial charge in [0.15, 0.2) is 5.13 Å². The molecule has 2 rings (SSSR count).